The van der Waals surface area contributed by atoms with E-state index in [2.05, 4.69) is 194 Å². The zero-order valence-electron chi connectivity index (χ0n) is 28.4. The molecule has 11 rings (SSSR count). The van der Waals surface area contributed by atoms with Gasteiger partial charge in [0.2, 0.25) is 0 Å². The molecule has 0 unspecified atom stereocenters. The van der Waals surface area contributed by atoms with Crippen LogP contribution in [0.1, 0.15) is 22.3 Å². The Kier molecular flexibility index (Phi) is 6.23. The molecular weight excluding hydrogens is 629 g/mol. The third-order valence-electron chi connectivity index (χ3n) is 11.3. The Morgan fingerprint density at radius 2 is 0.865 bits per heavy atom. The van der Waals surface area contributed by atoms with Gasteiger partial charge in [0.15, 0.2) is 0 Å². The molecule has 9 aromatic carbocycles. The number of benzene rings is 9. The lowest BCUT2D eigenvalue weighted by Gasteiger charge is -2.39. The van der Waals surface area contributed by atoms with Crippen LogP contribution < -0.4 is 4.74 Å². The summed E-state index contributed by atoms with van der Waals surface area (Å²) >= 11 is 0. The first kappa shape index (κ1) is 29.1. The van der Waals surface area contributed by atoms with E-state index in [0.717, 1.165) is 22.6 Å². The van der Waals surface area contributed by atoms with Gasteiger partial charge in [-0.15, -0.1) is 0 Å². The lowest BCUT2D eigenvalue weighted by Crippen LogP contribution is -2.32. The van der Waals surface area contributed by atoms with Gasteiger partial charge in [-0.05, 0) is 95.4 Å². The fourth-order valence-electron chi connectivity index (χ4n) is 9.13. The zero-order valence-corrected chi connectivity index (χ0v) is 28.4. The van der Waals surface area contributed by atoms with Crippen LogP contribution in [-0.4, -0.2) is 0 Å². The third-order valence-corrected chi connectivity index (χ3v) is 11.3. The quantitative estimate of drug-likeness (QED) is 0.171. The van der Waals surface area contributed by atoms with Crippen LogP contribution in [0.5, 0.6) is 11.5 Å². The maximum absolute atomic E-state index is 6.79. The fourth-order valence-corrected chi connectivity index (χ4v) is 9.13. The second kappa shape index (κ2) is 11.2. The topological polar surface area (TPSA) is 9.23 Å². The molecule has 0 saturated heterocycles. The molecule has 9 aromatic rings. The molecule has 242 valence electrons. The number of rotatable bonds is 3. The lowest BCUT2D eigenvalue weighted by molar-refractivity contribution is 0.436. The minimum atomic E-state index is -0.450. The summed E-state index contributed by atoms with van der Waals surface area (Å²) in [6.07, 6.45) is 0. The number of hydrogen-bond acceptors (Lipinski definition) is 1. The van der Waals surface area contributed by atoms with Crippen LogP contribution >= 0.6 is 0 Å². The highest BCUT2D eigenvalue weighted by Crippen LogP contribution is 2.62. The SMILES string of the molecule is c1ccc(-c2cc3ccccc3c3cccc(-c4ccc(-c5ccc6c(c5)Oc5ccccc5C65c6ccccc6-c6ccccc65)cc4)c23)cc1. The molecule has 0 N–H and O–H groups in total. The maximum atomic E-state index is 6.79. The van der Waals surface area contributed by atoms with Crippen molar-refractivity contribution in [2.45, 2.75) is 5.41 Å². The average Bonchev–Trinajstić information content (AvgIpc) is 3.51. The molecular formula is C51H32O. The van der Waals surface area contributed by atoms with Gasteiger partial charge >= 0.3 is 0 Å². The highest BCUT2D eigenvalue weighted by Gasteiger charge is 2.50. The molecule has 1 heterocycles. The lowest BCUT2D eigenvalue weighted by atomic mass is 9.66. The molecule has 52 heavy (non-hydrogen) atoms. The molecule has 2 aliphatic rings. The van der Waals surface area contributed by atoms with E-state index in [0.29, 0.717) is 0 Å². The first-order valence-corrected chi connectivity index (χ1v) is 18.0. The molecule has 0 aromatic heterocycles. The maximum Gasteiger partial charge on any atom is 0.132 e. The van der Waals surface area contributed by atoms with Crippen molar-refractivity contribution in [2.24, 2.45) is 0 Å². The van der Waals surface area contributed by atoms with E-state index in [1.54, 1.807) is 0 Å². The minimum absolute atomic E-state index is 0.450. The van der Waals surface area contributed by atoms with Crippen LogP contribution in [0.2, 0.25) is 0 Å². The summed E-state index contributed by atoms with van der Waals surface area (Å²) in [7, 11) is 0. The van der Waals surface area contributed by atoms with Crippen LogP contribution in [0.4, 0.5) is 0 Å². The van der Waals surface area contributed by atoms with Crippen molar-refractivity contribution in [3.05, 3.63) is 216 Å². The Balaban J connectivity index is 1.06. The molecule has 0 saturated carbocycles. The third kappa shape index (κ3) is 4.05. The number of para-hydroxylation sites is 1. The smallest absolute Gasteiger partial charge is 0.132 e. The van der Waals surface area contributed by atoms with Gasteiger partial charge in [-0.1, -0.05) is 176 Å². The Hall–Kier alpha value is -6.70. The predicted octanol–water partition coefficient (Wildman–Crippen LogP) is 13.5. The summed E-state index contributed by atoms with van der Waals surface area (Å²) < 4.78 is 6.79. The molecule has 1 nitrogen and oxygen atoms in total. The number of fused-ring (bicyclic) bond motifs is 12. The van der Waals surface area contributed by atoms with Gasteiger partial charge in [-0.25, -0.2) is 0 Å². The standard InChI is InChI=1S/C51H32O/c1-2-13-34(14-3-1)43-31-37-15-4-5-16-38(37)42-20-12-19-39(50(42)43)35-27-25-33(26-28-35)36-29-30-47-49(32-36)52-48-24-11-10-23-46(48)51(47)44-21-8-6-17-40(44)41-18-7-9-22-45(41)51/h1-32H. The van der Waals surface area contributed by atoms with E-state index >= 15 is 0 Å². The highest BCUT2D eigenvalue weighted by molar-refractivity contribution is 6.18. The average molecular weight is 661 g/mol. The van der Waals surface area contributed by atoms with Crippen molar-refractivity contribution >= 4 is 21.5 Å². The summed E-state index contributed by atoms with van der Waals surface area (Å²) in [4.78, 5) is 0. The van der Waals surface area contributed by atoms with Crippen molar-refractivity contribution in [3.8, 4) is 56.0 Å². The van der Waals surface area contributed by atoms with E-state index in [1.807, 2.05) is 0 Å². The van der Waals surface area contributed by atoms with E-state index in [4.69, 9.17) is 4.74 Å². The van der Waals surface area contributed by atoms with Gasteiger partial charge in [-0.2, -0.15) is 0 Å². The van der Waals surface area contributed by atoms with E-state index in [9.17, 15) is 0 Å². The van der Waals surface area contributed by atoms with Gasteiger partial charge in [0.05, 0.1) is 5.41 Å². The van der Waals surface area contributed by atoms with Crippen LogP contribution in [0.25, 0.3) is 66.1 Å². The molecule has 0 fully saturated rings. The van der Waals surface area contributed by atoms with Crippen LogP contribution in [0, 0.1) is 0 Å². The Morgan fingerprint density at radius 3 is 1.65 bits per heavy atom. The summed E-state index contributed by atoms with van der Waals surface area (Å²) in [6.45, 7) is 0. The van der Waals surface area contributed by atoms with Crippen LogP contribution in [0.3, 0.4) is 0 Å². The first-order valence-electron chi connectivity index (χ1n) is 18.0. The van der Waals surface area contributed by atoms with Crippen LogP contribution in [0.15, 0.2) is 194 Å². The van der Waals surface area contributed by atoms with Crippen molar-refractivity contribution < 1.29 is 4.74 Å². The van der Waals surface area contributed by atoms with Crippen molar-refractivity contribution in [2.75, 3.05) is 0 Å². The Morgan fingerprint density at radius 1 is 0.308 bits per heavy atom. The van der Waals surface area contributed by atoms with Gasteiger partial charge in [0.25, 0.3) is 0 Å². The summed E-state index contributed by atoms with van der Waals surface area (Å²) in [6, 6.07) is 70.7. The molecule has 1 aliphatic carbocycles. The molecule has 1 heteroatoms. The summed E-state index contributed by atoms with van der Waals surface area (Å²) in [5, 5.41) is 5.08. The zero-order chi connectivity index (χ0) is 34.2. The van der Waals surface area contributed by atoms with Gasteiger partial charge in [0.1, 0.15) is 11.5 Å². The normalized spacial score (nSPS) is 13.3. The fraction of sp³-hybridized carbons (Fsp3) is 0.0196. The molecule has 1 aliphatic heterocycles. The Labute approximate surface area is 303 Å². The first-order chi connectivity index (χ1) is 25.8. The van der Waals surface area contributed by atoms with E-state index in [-0.39, 0.29) is 0 Å². The van der Waals surface area contributed by atoms with Crippen molar-refractivity contribution in [1.82, 2.24) is 0 Å². The van der Waals surface area contributed by atoms with E-state index < -0.39 is 5.41 Å². The largest absolute Gasteiger partial charge is 0.457 e. The molecule has 0 amide bonds. The predicted molar refractivity (Wildman–Crippen MR) is 215 cm³/mol. The monoisotopic (exact) mass is 660 g/mol. The van der Waals surface area contributed by atoms with Gasteiger partial charge in [0, 0.05) is 11.1 Å². The molecule has 0 radical (unpaired) electrons. The second-order valence-corrected chi connectivity index (χ2v) is 14.0. The van der Waals surface area contributed by atoms with E-state index in [1.165, 1.54) is 77.2 Å². The molecule has 0 atom stereocenters. The van der Waals surface area contributed by atoms with Crippen LogP contribution in [-0.2, 0) is 5.41 Å². The summed E-state index contributed by atoms with van der Waals surface area (Å²) in [5.41, 5.74) is 14.3. The molecule has 0 bridgehead atoms. The number of ether oxygens (including phenoxy) is 1. The minimum Gasteiger partial charge on any atom is -0.457 e. The van der Waals surface area contributed by atoms with Crippen molar-refractivity contribution in [3.63, 3.8) is 0 Å². The highest BCUT2D eigenvalue weighted by atomic mass is 16.5. The Bertz CT molecular complexity index is 2820. The number of hydrogen-bond donors (Lipinski definition) is 0. The van der Waals surface area contributed by atoms with Crippen molar-refractivity contribution in [1.29, 1.82) is 0 Å². The molecule has 1 spiro atoms. The second-order valence-electron chi connectivity index (χ2n) is 14.0. The summed E-state index contributed by atoms with van der Waals surface area (Å²) in [5.74, 6) is 1.81. The van der Waals surface area contributed by atoms with Gasteiger partial charge < -0.3 is 4.74 Å². The van der Waals surface area contributed by atoms with Gasteiger partial charge in [-0.3, -0.25) is 0 Å².